The predicted octanol–water partition coefficient (Wildman–Crippen LogP) is 2.97. The van der Waals surface area contributed by atoms with Crippen LogP contribution in [0.4, 0.5) is 5.69 Å². The average molecular weight is 367 g/mol. The molecule has 1 aromatic heterocycles. The molecule has 0 radical (unpaired) electrons. The summed E-state index contributed by atoms with van der Waals surface area (Å²) in [6.07, 6.45) is 5.44. The molecule has 0 bridgehead atoms. The van der Waals surface area contributed by atoms with Gasteiger partial charge in [0.1, 0.15) is 6.54 Å². The second kappa shape index (κ2) is 7.37. The monoisotopic (exact) mass is 366 g/mol. The molecule has 27 heavy (non-hydrogen) atoms. The first-order chi connectivity index (χ1) is 13.0. The molecule has 0 saturated carbocycles. The number of nitrogens with zero attached hydrogens (tertiary/aromatic N) is 4. The second-order valence-corrected chi connectivity index (χ2v) is 8.23. The number of fused-ring (bicyclic) bond motifs is 1. The van der Waals surface area contributed by atoms with Crippen LogP contribution in [0.1, 0.15) is 35.7 Å². The molecule has 1 atom stereocenters. The van der Waals surface area contributed by atoms with Crippen LogP contribution in [0.5, 0.6) is 0 Å². The molecule has 144 valence electrons. The van der Waals surface area contributed by atoms with Crippen molar-refractivity contribution in [2.24, 2.45) is 5.92 Å². The van der Waals surface area contributed by atoms with Gasteiger partial charge in [0.05, 0.1) is 5.69 Å². The van der Waals surface area contributed by atoms with E-state index in [4.69, 9.17) is 0 Å². The fourth-order valence-corrected chi connectivity index (χ4v) is 4.34. The molecule has 5 nitrogen and oxygen atoms in total. The quantitative estimate of drug-likeness (QED) is 0.839. The summed E-state index contributed by atoms with van der Waals surface area (Å²) in [6, 6.07) is 6.47. The SMILES string of the molecule is Cc1cccc(N2CCN(C(=O)Cn3cc4c(n3)CC[C@H](C)C4)CC2)c1C. The van der Waals surface area contributed by atoms with E-state index in [0.29, 0.717) is 6.54 Å². The summed E-state index contributed by atoms with van der Waals surface area (Å²) in [6.45, 7) is 10.3. The summed E-state index contributed by atoms with van der Waals surface area (Å²) in [4.78, 5) is 17.1. The van der Waals surface area contributed by atoms with Crippen molar-refractivity contribution in [1.29, 1.82) is 0 Å². The van der Waals surface area contributed by atoms with Crippen molar-refractivity contribution >= 4 is 11.6 Å². The Morgan fingerprint density at radius 3 is 2.74 bits per heavy atom. The van der Waals surface area contributed by atoms with Gasteiger partial charge < -0.3 is 9.80 Å². The molecule has 1 aliphatic carbocycles. The van der Waals surface area contributed by atoms with Crippen LogP contribution in [0.25, 0.3) is 0 Å². The summed E-state index contributed by atoms with van der Waals surface area (Å²) in [5.41, 5.74) is 6.49. The molecule has 2 aliphatic rings. The van der Waals surface area contributed by atoms with Crippen molar-refractivity contribution in [3.63, 3.8) is 0 Å². The maximum Gasteiger partial charge on any atom is 0.244 e. The molecule has 1 saturated heterocycles. The number of piperazine rings is 1. The lowest BCUT2D eigenvalue weighted by Gasteiger charge is -2.37. The van der Waals surface area contributed by atoms with Gasteiger partial charge in [-0.1, -0.05) is 19.1 Å². The zero-order valence-corrected chi connectivity index (χ0v) is 16.7. The van der Waals surface area contributed by atoms with E-state index in [1.54, 1.807) is 0 Å². The van der Waals surface area contributed by atoms with Crippen LogP contribution in [0.3, 0.4) is 0 Å². The van der Waals surface area contributed by atoms with Gasteiger partial charge in [-0.15, -0.1) is 0 Å². The number of hydrogen-bond donors (Lipinski definition) is 0. The van der Waals surface area contributed by atoms with Crippen molar-refractivity contribution < 1.29 is 4.79 Å². The van der Waals surface area contributed by atoms with E-state index >= 15 is 0 Å². The van der Waals surface area contributed by atoms with Crippen LogP contribution in [0.15, 0.2) is 24.4 Å². The number of rotatable bonds is 3. The van der Waals surface area contributed by atoms with Crippen molar-refractivity contribution in [2.45, 2.75) is 46.6 Å². The molecule has 0 unspecified atom stereocenters. The summed E-state index contributed by atoms with van der Waals surface area (Å²) in [5.74, 6) is 0.910. The lowest BCUT2D eigenvalue weighted by molar-refractivity contribution is -0.132. The Morgan fingerprint density at radius 1 is 1.19 bits per heavy atom. The Kier molecular flexibility index (Phi) is 4.94. The van der Waals surface area contributed by atoms with Gasteiger partial charge in [-0.2, -0.15) is 5.10 Å². The number of hydrogen-bond acceptors (Lipinski definition) is 3. The van der Waals surface area contributed by atoms with Crippen LogP contribution in [-0.2, 0) is 24.2 Å². The molecular formula is C22H30N4O. The third kappa shape index (κ3) is 3.73. The van der Waals surface area contributed by atoms with E-state index in [0.717, 1.165) is 44.9 Å². The average Bonchev–Trinajstić information content (AvgIpc) is 3.05. The standard InChI is InChI=1S/C22H30N4O/c1-16-7-8-20-19(13-16)14-26(23-20)15-22(27)25-11-9-24(10-12-25)21-6-4-5-17(2)18(21)3/h4-6,14,16H,7-13,15H2,1-3H3/t16-/m0/s1. The normalized spacial score (nSPS) is 19.9. The Hall–Kier alpha value is -2.30. The van der Waals surface area contributed by atoms with Crippen LogP contribution in [0, 0.1) is 19.8 Å². The topological polar surface area (TPSA) is 41.4 Å². The first kappa shape index (κ1) is 18.1. The number of carbonyl (C=O) groups excluding carboxylic acids is 1. The maximum atomic E-state index is 12.8. The minimum atomic E-state index is 0.184. The van der Waals surface area contributed by atoms with Gasteiger partial charge in [0, 0.05) is 38.1 Å². The molecule has 0 spiro atoms. The van der Waals surface area contributed by atoms with Crippen LogP contribution >= 0.6 is 0 Å². The number of benzene rings is 1. The fraction of sp³-hybridized carbons (Fsp3) is 0.545. The Bertz CT molecular complexity index is 833. The van der Waals surface area contributed by atoms with Gasteiger partial charge in [-0.25, -0.2) is 0 Å². The summed E-state index contributed by atoms with van der Waals surface area (Å²) in [5, 5.41) is 4.66. The van der Waals surface area contributed by atoms with Gasteiger partial charge in [-0.3, -0.25) is 9.48 Å². The Morgan fingerprint density at radius 2 is 1.96 bits per heavy atom. The van der Waals surface area contributed by atoms with E-state index in [1.165, 1.54) is 34.5 Å². The first-order valence-electron chi connectivity index (χ1n) is 10.2. The van der Waals surface area contributed by atoms with E-state index < -0.39 is 0 Å². The van der Waals surface area contributed by atoms with Crippen LogP contribution < -0.4 is 4.90 Å². The zero-order chi connectivity index (χ0) is 19.0. The van der Waals surface area contributed by atoms with Gasteiger partial charge in [0.15, 0.2) is 0 Å². The number of aryl methyl sites for hydroxylation is 2. The van der Waals surface area contributed by atoms with Crippen LogP contribution in [-0.4, -0.2) is 46.8 Å². The highest BCUT2D eigenvalue weighted by Crippen LogP contribution is 2.25. The minimum Gasteiger partial charge on any atom is -0.368 e. The highest BCUT2D eigenvalue weighted by atomic mass is 16.2. The first-order valence-corrected chi connectivity index (χ1v) is 10.2. The Labute approximate surface area is 162 Å². The van der Waals surface area contributed by atoms with Crippen molar-refractivity contribution in [1.82, 2.24) is 14.7 Å². The molecular weight excluding hydrogens is 336 g/mol. The van der Waals surface area contributed by atoms with Crippen LogP contribution in [0.2, 0.25) is 0 Å². The number of aromatic nitrogens is 2. The molecule has 1 amide bonds. The highest BCUT2D eigenvalue weighted by Gasteiger charge is 2.24. The molecule has 1 aliphatic heterocycles. The predicted molar refractivity (Wildman–Crippen MR) is 108 cm³/mol. The fourth-order valence-electron chi connectivity index (χ4n) is 4.34. The highest BCUT2D eigenvalue weighted by molar-refractivity contribution is 5.76. The van der Waals surface area contributed by atoms with Gasteiger partial charge in [0.2, 0.25) is 5.91 Å². The van der Waals surface area contributed by atoms with Gasteiger partial charge in [0.25, 0.3) is 0 Å². The third-order valence-corrected chi connectivity index (χ3v) is 6.21. The number of carbonyl (C=O) groups is 1. The van der Waals surface area contributed by atoms with E-state index in [-0.39, 0.29) is 5.91 Å². The second-order valence-electron chi connectivity index (χ2n) is 8.23. The van der Waals surface area contributed by atoms with Gasteiger partial charge >= 0.3 is 0 Å². The van der Waals surface area contributed by atoms with Gasteiger partial charge in [-0.05, 0) is 61.8 Å². The van der Waals surface area contributed by atoms with Crippen molar-refractivity contribution in [3.8, 4) is 0 Å². The molecule has 1 fully saturated rings. The smallest absolute Gasteiger partial charge is 0.244 e. The van der Waals surface area contributed by atoms with Crippen molar-refractivity contribution in [3.05, 3.63) is 46.8 Å². The molecule has 1 aromatic carbocycles. The number of amides is 1. The lowest BCUT2D eigenvalue weighted by Crippen LogP contribution is -2.49. The molecule has 0 N–H and O–H groups in total. The van der Waals surface area contributed by atoms with E-state index in [2.05, 4.69) is 55.2 Å². The third-order valence-electron chi connectivity index (χ3n) is 6.21. The summed E-state index contributed by atoms with van der Waals surface area (Å²) >= 11 is 0. The minimum absolute atomic E-state index is 0.184. The summed E-state index contributed by atoms with van der Waals surface area (Å²) < 4.78 is 1.86. The Balaban J connectivity index is 1.36. The largest absolute Gasteiger partial charge is 0.368 e. The summed E-state index contributed by atoms with van der Waals surface area (Å²) in [7, 11) is 0. The van der Waals surface area contributed by atoms with Crippen molar-refractivity contribution in [2.75, 3.05) is 31.1 Å². The molecule has 2 aromatic rings. The van der Waals surface area contributed by atoms with E-state index in [9.17, 15) is 4.79 Å². The molecule has 5 heteroatoms. The lowest BCUT2D eigenvalue weighted by atomic mass is 9.89. The van der Waals surface area contributed by atoms with E-state index in [1.807, 2.05) is 9.58 Å². The maximum absolute atomic E-state index is 12.8. The zero-order valence-electron chi connectivity index (χ0n) is 16.7. The number of anilines is 1. The molecule has 2 heterocycles. The molecule has 4 rings (SSSR count).